The Hall–Kier alpha value is -3.89. The van der Waals surface area contributed by atoms with Crippen LogP contribution in [-0.2, 0) is 6.54 Å². The van der Waals surface area contributed by atoms with Crippen molar-refractivity contribution < 1.29 is 22.8 Å². The average molecular weight is 461 g/mol. The van der Waals surface area contributed by atoms with Gasteiger partial charge in [-0.15, -0.1) is 13.2 Å². The number of rotatable bonds is 9. The molecule has 0 amide bonds. The number of nitrogens with zero attached hydrogens (tertiary/aromatic N) is 3. The number of benzene rings is 2. The molecule has 0 aliphatic rings. The number of hydrogen-bond acceptors (Lipinski definition) is 7. The number of halogens is 3. The number of nitro benzene ring substituents is 1. The summed E-state index contributed by atoms with van der Waals surface area (Å²) < 4.78 is 41.9. The molecule has 1 aromatic heterocycles. The highest BCUT2D eigenvalue weighted by Gasteiger charge is 2.31. The summed E-state index contributed by atoms with van der Waals surface area (Å²) in [5.41, 5.74) is 1.17. The molecule has 0 saturated carbocycles. The second kappa shape index (κ2) is 10.2. The predicted molar refractivity (Wildman–Crippen MR) is 118 cm³/mol. The molecule has 0 unspecified atom stereocenters. The van der Waals surface area contributed by atoms with Crippen LogP contribution in [0.3, 0.4) is 0 Å². The predicted octanol–water partition coefficient (Wildman–Crippen LogP) is 5.77. The normalized spacial score (nSPS) is 12.2. The standard InChI is InChI=1S/C22H22F3N5O3/c1-3-14(2)27-21-28-18(15-8-6-9-17(11-15)33-22(23,24)25)12-20(29-21)26-13-16-7-4-5-10-19(16)30(31)32/h4-12,14H,3,13H2,1-2H3,(H2,26,27,28,29)/t14-/m1/s1. The quantitative estimate of drug-likeness (QED) is 0.308. The molecule has 33 heavy (non-hydrogen) atoms. The Morgan fingerprint density at radius 3 is 2.58 bits per heavy atom. The van der Waals surface area contributed by atoms with Crippen molar-refractivity contribution in [3.63, 3.8) is 0 Å². The van der Waals surface area contributed by atoms with Crippen LogP contribution in [0.1, 0.15) is 25.8 Å². The van der Waals surface area contributed by atoms with Crippen molar-refractivity contribution in [2.24, 2.45) is 0 Å². The van der Waals surface area contributed by atoms with Gasteiger partial charge in [-0.3, -0.25) is 10.1 Å². The molecule has 2 aromatic carbocycles. The largest absolute Gasteiger partial charge is 0.573 e. The summed E-state index contributed by atoms with van der Waals surface area (Å²) >= 11 is 0. The summed E-state index contributed by atoms with van der Waals surface area (Å²) in [6, 6.07) is 13.4. The first kappa shape index (κ1) is 23.8. The van der Waals surface area contributed by atoms with E-state index in [-0.39, 0.29) is 30.0 Å². The number of aromatic nitrogens is 2. The molecule has 11 heteroatoms. The molecule has 1 atom stereocenters. The Morgan fingerprint density at radius 2 is 1.88 bits per heavy atom. The number of ether oxygens (including phenoxy) is 1. The highest BCUT2D eigenvalue weighted by Crippen LogP contribution is 2.29. The third-order valence-corrected chi connectivity index (χ3v) is 4.73. The minimum Gasteiger partial charge on any atom is -0.406 e. The van der Waals surface area contributed by atoms with Crippen molar-refractivity contribution in [2.75, 3.05) is 10.6 Å². The van der Waals surface area contributed by atoms with Crippen molar-refractivity contribution in [3.8, 4) is 17.0 Å². The number of nitro groups is 1. The molecule has 3 aromatic rings. The molecule has 0 fully saturated rings. The van der Waals surface area contributed by atoms with Crippen molar-refractivity contribution in [2.45, 2.75) is 39.2 Å². The smallest absolute Gasteiger partial charge is 0.406 e. The second-order valence-electron chi connectivity index (χ2n) is 7.23. The second-order valence-corrected chi connectivity index (χ2v) is 7.23. The Labute approximate surface area is 188 Å². The van der Waals surface area contributed by atoms with Gasteiger partial charge in [-0.2, -0.15) is 4.98 Å². The Morgan fingerprint density at radius 1 is 1.12 bits per heavy atom. The third-order valence-electron chi connectivity index (χ3n) is 4.73. The van der Waals surface area contributed by atoms with Crippen LogP contribution >= 0.6 is 0 Å². The van der Waals surface area contributed by atoms with E-state index >= 15 is 0 Å². The highest BCUT2D eigenvalue weighted by atomic mass is 19.4. The summed E-state index contributed by atoms with van der Waals surface area (Å²) in [4.78, 5) is 19.6. The molecule has 1 heterocycles. The van der Waals surface area contributed by atoms with E-state index in [1.54, 1.807) is 30.3 Å². The van der Waals surface area contributed by atoms with Gasteiger partial charge >= 0.3 is 6.36 Å². The lowest BCUT2D eigenvalue weighted by Gasteiger charge is -2.15. The molecule has 0 radical (unpaired) electrons. The maximum absolute atomic E-state index is 12.6. The Bertz CT molecular complexity index is 1120. The fourth-order valence-corrected chi connectivity index (χ4v) is 2.95. The first-order valence-corrected chi connectivity index (χ1v) is 10.1. The van der Waals surface area contributed by atoms with E-state index in [9.17, 15) is 23.3 Å². The van der Waals surface area contributed by atoms with E-state index in [4.69, 9.17) is 0 Å². The third kappa shape index (κ3) is 6.79. The number of anilines is 2. The lowest BCUT2D eigenvalue weighted by molar-refractivity contribution is -0.385. The fourth-order valence-electron chi connectivity index (χ4n) is 2.95. The van der Waals surface area contributed by atoms with Gasteiger partial charge in [-0.05, 0) is 25.5 Å². The van der Waals surface area contributed by atoms with Gasteiger partial charge in [0.1, 0.15) is 11.6 Å². The summed E-state index contributed by atoms with van der Waals surface area (Å²) in [7, 11) is 0. The van der Waals surface area contributed by atoms with Gasteiger partial charge in [0.2, 0.25) is 5.95 Å². The molecule has 0 spiro atoms. The van der Waals surface area contributed by atoms with E-state index in [0.717, 1.165) is 6.42 Å². The first-order valence-electron chi connectivity index (χ1n) is 10.1. The van der Waals surface area contributed by atoms with Crippen molar-refractivity contribution in [3.05, 3.63) is 70.3 Å². The van der Waals surface area contributed by atoms with Crippen LogP contribution in [0.5, 0.6) is 5.75 Å². The lowest BCUT2D eigenvalue weighted by Crippen LogP contribution is -2.17. The summed E-state index contributed by atoms with van der Waals surface area (Å²) in [6.07, 6.45) is -4.02. The monoisotopic (exact) mass is 461 g/mol. The molecule has 174 valence electrons. The van der Waals surface area contributed by atoms with Crippen LogP contribution in [-0.4, -0.2) is 27.3 Å². The van der Waals surface area contributed by atoms with Crippen molar-refractivity contribution >= 4 is 17.5 Å². The maximum atomic E-state index is 12.6. The zero-order valence-corrected chi connectivity index (χ0v) is 17.9. The number of hydrogen-bond donors (Lipinski definition) is 2. The summed E-state index contributed by atoms with van der Waals surface area (Å²) in [6.45, 7) is 4.04. The fraction of sp³-hybridized carbons (Fsp3) is 0.273. The van der Waals surface area contributed by atoms with Crippen LogP contribution in [0.4, 0.5) is 30.6 Å². The van der Waals surface area contributed by atoms with Gasteiger partial charge in [0.25, 0.3) is 5.69 Å². The van der Waals surface area contributed by atoms with E-state index in [2.05, 4.69) is 25.3 Å². The topological polar surface area (TPSA) is 102 Å². The molecular weight excluding hydrogens is 439 g/mol. The minimum absolute atomic E-state index is 0.0331. The zero-order valence-electron chi connectivity index (χ0n) is 17.9. The van der Waals surface area contributed by atoms with E-state index in [1.165, 1.54) is 24.3 Å². The van der Waals surface area contributed by atoms with Gasteiger partial charge in [0.15, 0.2) is 0 Å². The molecule has 0 bridgehead atoms. The van der Waals surface area contributed by atoms with E-state index < -0.39 is 11.3 Å². The Kier molecular flexibility index (Phi) is 7.31. The van der Waals surface area contributed by atoms with Crippen LogP contribution in [0, 0.1) is 10.1 Å². The SMILES string of the molecule is CC[C@@H](C)Nc1nc(NCc2ccccc2[N+](=O)[O-])cc(-c2cccc(OC(F)(F)F)c2)n1. The van der Waals surface area contributed by atoms with Crippen LogP contribution in [0.25, 0.3) is 11.3 Å². The van der Waals surface area contributed by atoms with Crippen LogP contribution in [0.15, 0.2) is 54.6 Å². The average Bonchev–Trinajstić information content (AvgIpc) is 2.76. The van der Waals surface area contributed by atoms with Gasteiger partial charge < -0.3 is 15.4 Å². The lowest BCUT2D eigenvalue weighted by atomic mass is 10.1. The molecule has 0 aliphatic carbocycles. The van der Waals surface area contributed by atoms with Gasteiger partial charge in [0, 0.05) is 35.8 Å². The van der Waals surface area contributed by atoms with Crippen molar-refractivity contribution in [1.82, 2.24) is 9.97 Å². The van der Waals surface area contributed by atoms with Gasteiger partial charge in [0.05, 0.1) is 10.6 Å². The molecule has 0 aliphatic heterocycles. The van der Waals surface area contributed by atoms with Gasteiger partial charge in [-0.25, -0.2) is 4.98 Å². The summed E-state index contributed by atoms with van der Waals surface area (Å²) in [5.74, 6) is 0.254. The first-order chi connectivity index (χ1) is 15.6. The molecule has 2 N–H and O–H groups in total. The summed E-state index contributed by atoms with van der Waals surface area (Å²) in [5, 5.41) is 17.4. The van der Waals surface area contributed by atoms with E-state index in [0.29, 0.717) is 22.6 Å². The number of nitrogens with one attached hydrogen (secondary N) is 2. The number of para-hydroxylation sites is 1. The highest BCUT2D eigenvalue weighted by molar-refractivity contribution is 5.66. The molecule has 0 saturated heterocycles. The van der Waals surface area contributed by atoms with Crippen LogP contribution in [0.2, 0.25) is 0 Å². The molecule has 3 rings (SSSR count). The van der Waals surface area contributed by atoms with Gasteiger partial charge in [-0.1, -0.05) is 37.3 Å². The molecule has 8 nitrogen and oxygen atoms in total. The minimum atomic E-state index is -4.81. The Balaban J connectivity index is 1.93. The van der Waals surface area contributed by atoms with Crippen molar-refractivity contribution in [1.29, 1.82) is 0 Å². The molecular formula is C22H22F3N5O3. The maximum Gasteiger partial charge on any atom is 0.573 e. The number of alkyl halides is 3. The van der Waals surface area contributed by atoms with E-state index in [1.807, 2.05) is 13.8 Å². The van der Waals surface area contributed by atoms with Crippen LogP contribution < -0.4 is 15.4 Å². The zero-order chi connectivity index (χ0) is 24.0.